The maximum atomic E-state index is 6.61. The molecule has 0 radical (unpaired) electrons. The summed E-state index contributed by atoms with van der Waals surface area (Å²) in [6.07, 6.45) is 2.59. The lowest BCUT2D eigenvalue weighted by atomic mass is 9.80. The summed E-state index contributed by atoms with van der Waals surface area (Å²) in [6, 6.07) is 19.1. The van der Waals surface area contributed by atoms with E-state index < -0.39 is 0 Å². The first-order chi connectivity index (χ1) is 15.2. The van der Waals surface area contributed by atoms with Gasteiger partial charge in [-0.15, -0.1) is 11.3 Å². The van der Waals surface area contributed by atoms with Gasteiger partial charge in [0.2, 0.25) is 0 Å². The van der Waals surface area contributed by atoms with Crippen LogP contribution >= 0.6 is 11.3 Å². The van der Waals surface area contributed by atoms with Crippen molar-refractivity contribution >= 4 is 11.3 Å². The number of fused-ring (bicyclic) bond motifs is 2. The lowest BCUT2D eigenvalue weighted by Crippen LogP contribution is -2.48. The first kappa shape index (κ1) is 20.7. The van der Waals surface area contributed by atoms with E-state index in [1.54, 1.807) is 14.2 Å². The van der Waals surface area contributed by atoms with E-state index in [-0.39, 0.29) is 11.9 Å². The smallest absolute Gasteiger partial charge is 0.162 e. The number of methoxy groups -OCH3 is 2. The Balaban J connectivity index is 1.40. The van der Waals surface area contributed by atoms with Crippen LogP contribution in [0.1, 0.15) is 29.5 Å². The molecule has 1 aromatic heterocycles. The second-order valence-electron chi connectivity index (χ2n) is 8.43. The Bertz CT molecular complexity index is 1010. The molecule has 2 aliphatic rings. The molecule has 0 N–H and O–H groups in total. The molecule has 1 unspecified atom stereocenters. The van der Waals surface area contributed by atoms with Crippen LogP contribution < -0.4 is 4.74 Å². The van der Waals surface area contributed by atoms with E-state index in [4.69, 9.17) is 14.2 Å². The van der Waals surface area contributed by atoms with Crippen molar-refractivity contribution in [3.05, 3.63) is 76.7 Å². The van der Waals surface area contributed by atoms with E-state index in [9.17, 15) is 0 Å². The van der Waals surface area contributed by atoms with Crippen molar-refractivity contribution in [1.82, 2.24) is 4.90 Å². The van der Waals surface area contributed by atoms with Crippen molar-refractivity contribution in [2.24, 2.45) is 0 Å². The van der Waals surface area contributed by atoms with Crippen LogP contribution in [0.3, 0.4) is 0 Å². The van der Waals surface area contributed by atoms with Crippen molar-refractivity contribution in [3.63, 3.8) is 0 Å². The van der Waals surface area contributed by atoms with Gasteiger partial charge in [-0.3, -0.25) is 4.90 Å². The molecule has 1 spiro atoms. The van der Waals surface area contributed by atoms with Gasteiger partial charge in [-0.1, -0.05) is 30.3 Å². The van der Waals surface area contributed by atoms with E-state index in [0.717, 1.165) is 44.6 Å². The molecular formula is C26H29NO3S. The molecule has 0 saturated carbocycles. The van der Waals surface area contributed by atoms with Crippen LogP contribution in [0.4, 0.5) is 0 Å². The normalized spacial score (nSPS) is 20.5. The van der Waals surface area contributed by atoms with Crippen molar-refractivity contribution in [3.8, 4) is 16.2 Å². The summed E-state index contributed by atoms with van der Waals surface area (Å²) in [5.74, 6) is 0.884. The Morgan fingerprint density at radius 3 is 2.45 bits per heavy atom. The largest absolute Gasteiger partial charge is 0.497 e. The van der Waals surface area contributed by atoms with Crippen LogP contribution in [-0.4, -0.2) is 38.5 Å². The highest BCUT2D eigenvalue weighted by Crippen LogP contribution is 2.49. The molecule has 1 saturated heterocycles. The molecule has 5 heteroatoms. The summed E-state index contributed by atoms with van der Waals surface area (Å²) in [5.41, 5.74) is 5.12. The fourth-order valence-electron chi connectivity index (χ4n) is 4.91. The van der Waals surface area contributed by atoms with Crippen molar-refractivity contribution in [1.29, 1.82) is 0 Å². The van der Waals surface area contributed by atoms with Crippen LogP contribution in [-0.2, 0) is 28.0 Å². The molecule has 1 atom stereocenters. The van der Waals surface area contributed by atoms with Crippen LogP contribution in [0.5, 0.6) is 5.75 Å². The fraction of sp³-hybridized carbons (Fsp3) is 0.385. The minimum absolute atomic E-state index is 0.195. The summed E-state index contributed by atoms with van der Waals surface area (Å²) in [6.45, 7) is 3.05. The van der Waals surface area contributed by atoms with Crippen molar-refractivity contribution < 1.29 is 14.2 Å². The molecule has 0 aliphatic carbocycles. The van der Waals surface area contributed by atoms with Crippen molar-refractivity contribution in [2.75, 3.05) is 27.3 Å². The average molecular weight is 436 g/mol. The number of rotatable bonds is 5. The average Bonchev–Trinajstić information content (AvgIpc) is 3.26. The minimum Gasteiger partial charge on any atom is -0.497 e. The van der Waals surface area contributed by atoms with E-state index in [1.807, 2.05) is 23.5 Å². The predicted octanol–water partition coefficient (Wildman–Crippen LogP) is 5.46. The van der Waals surface area contributed by atoms with Gasteiger partial charge in [0.05, 0.1) is 12.7 Å². The summed E-state index contributed by atoms with van der Waals surface area (Å²) < 4.78 is 17.7. The summed E-state index contributed by atoms with van der Waals surface area (Å²) in [5, 5.41) is 2.33. The highest BCUT2D eigenvalue weighted by molar-refractivity contribution is 7.14. The van der Waals surface area contributed by atoms with Crippen molar-refractivity contribution in [2.45, 2.75) is 37.7 Å². The van der Waals surface area contributed by atoms with Gasteiger partial charge in [-0.2, -0.15) is 0 Å². The third-order valence-corrected chi connectivity index (χ3v) is 7.71. The van der Waals surface area contributed by atoms with E-state index in [0.29, 0.717) is 0 Å². The zero-order valence-corrected chi connectivity index (χ0v) is 19.0. The number of likely N-dealkylation sites (tertiary alicyclic amines) is 1. The van der Waals surface area contributed by atoms with Gasteiger partial charge in [0.1, 0.15) is 5.75 Å². The molecule has 0 amide bonds. The first-order valence-corrected chi connectivity index (χ1v) is 11.8. The minimum atomic E-state index is -0.247. The SMILES string of the molecule is COc1ccc(-c2scc3c2CC(OC)OC32CCN(Cc3ccccc3)CC2)cc1. The molecule has 5 rings (SSSR count). The number of nitrogens with zero attached hydrogens (tertiary/aromatic N) is 1. The lowest BCUT2D eigenvalue weighted by Gasteiger charge is -2.46. The van der Waals surface area contributed by atoms with Crippen LogP contribution in [0.2, 0.25) is 0 Å². The highest BCUT2D eigenvalue weighted by atomic mass is 32.1. The molecule has 3 heterocycles. The van der Waals surface area contributed by atoms with E-state index >= 15 is 0 Å². The Morgan fingerprint density at radius 2 is 1.77 bits per heavy atom. The van der Waals surface area contributed by atoms with Gasteiger partial charge in [0, 0.05) is 38.0 Å². The molecule has 0 bridgehead atoms. The van der Waals surface area contributed by atoms with Crippen LogP contribution in [0, 0.1) is 0 Å². The fourth-order valence-corrected chi connectivity index (χ4v) is 6.11. The maximum Gasteiger partial charge on any atom is 0.162 e. The van der Waals surface area contributed by atoms with Gasteiger partial charge in [0.15, 0.2) is 6.29 Å². The highest BCUT2D eigenvalue weighted by Gasteiger charge is 2.45. The van der Waals surface area contributed by atoms with Gasteiger partial charge >= 0.3 is 0 Å². The zero-order valence-electron chi connectivity index (χ0n) is 18.2. The topological polar surface area (TPSA) is 30.9 Å². The Kier molecular flexibility index (Phi) is 5.85. The van der Waals surface area contributed by atoms with E-state index in [2.05, 4.69) is 52.7 Å². The van der Waals surface area contributed by atoms with Crippen LogP contribution in [0.15, 0.2) is 60.0 Å². The number of benzene rings is 2. The number of ether oxygens (including phenoxy) is 3. The first-order valence-electron chi connectivity index (χ1n) is 10.9. The summed E-state index contributed by atoms with van der Waals surface area (Å²) in [7, 11) is 3.46. The quantitative estimate of drug-likeness (QED) is 0.532. The Morgan fingerprint density at radius 1 is 1.03 bits per heavy atom. The molecule has 31 heavy (non-hydrogen) atoms. The molecule has 1 fully saturated rings. The molecule has 2 aliphatic heterocycles. The summed E-state index contributed by atoms with van der Waals surface area (Å²) in [4.78, 5) is 3.87. The monoisotopic (exact) mass is 435 g/mol. The van der Waals surface area contributed by atoms with Gasteiger partial charge in [0.25, 0.3) is 0 Å². The molecular weight excluding hydrogens is 406 g/mol. The van der Waals surface area contributed by atoms with E-state index in [1.165, 1.54) is 27.1 Å². The van der Waals surface area contributed by atoms with Gasteiger partial charge in [-0.25, -0.2) is 0 Å². The maximum absolute atomic E-state index is 6.61. The summed E-state index contributed by atoms with van der Waals surface area (Å²) >= 11 is 1.83. The van der Waals surface area contributed by atoms with Gasteiger partial charge < -0.3 is 14.2 Å². The third kappa shape index (κ3) is 4.03. The number of thiophene rings is 1. The predicted molar refractivity (Wildman–Crippen MR) is 125 cm³/mol. The lowest BCUT2D eigenvalue weighted by molar-refractivity contribution is -0.227. The molecule has 3 aromatic rings. The third-order valence-electron chi connectivity index (χ3n) is 6.64. The number of hydrogen-bond donors (Lipinski definition) is 0. The molecule has 162 valence electrons. The second-order valence-corrected chi connectivity index (χ2v) is 9.31. The standard InChI is InChI=1S/C26H29NO3S/c1-28-21-10-8-20(9-11-21)25-22-16-24(29-2)30-26(23(22)18-31-25)12-14-27(15-13-26)17-19-6-4-3-5-7-19/h3-11,18,24H,12-17H2,1-2H3. The number of piperidine rings is 1. The Hall–Kier alpha value is -2.18. The Labute approximate surface area is 188 Å². The zero-order chi connectivity index (χ0) is 21.3. The molecule has 4 nitrogen and oxygen atoms in total. The van der Waals surface area contributed by atoms with Gasteiger partial charge in [-0.05, 0) is 64.7 Å². The van der Waals surface area contributed by atoms with Crippen LogP contribution in [0.25, 0.3) is 10.4 Å². The second kappa shape index (κ2) is 8.75. The number of hydrogen-bond acceptors (Lipinski definition) is 5. The molecule has 2 aromatic carbocycles.